The fourth-order valence-electron chi connectivity index (χ4n) is 4.58. The van der Waals surface area contributed by atoms with Crippen molar-refractivity contribution in [3.8, 4) is 16.9 Å². The van der Waals surface area contributed by atoms with Crippen LogP contribution in [0.5, 0.6) is 5.75 Å². The summed E-state index contributed by atoms with van der Waals surface area (Å²) in [5.74, 6) is -0.504. The highest BCUT2D eigenvalue weighted by atomic mass is 35.5. The number of allylic oxidation sites excluding steroid dienone is 1. The molecular formula is C28H23ClF2N4O2. The summed E-state index contributed by atoms with van der Waals surface area (Å²) in [6.07, 6.45) is 4.36. The predicted molar refractivity (Wildman–Crippen MR) is 140 cm³/mol. The molecule has 0 amide bonds. The average Bonchev–Trinajstić information content (AvgIpc) is 2.89. The average molecular weight is 521 g/mol. The van der Waals surface area contributed by atoms with Crippen LogP contribution < -0.4 is 4.90 Å². The quantitative estimate of drug-likeness (QED) is 0.273. The number of hydrogen-bond acceptors (Lipinski definition) is 6. The molecule has 0 aliphatic carbocycles. The molecule has 37 heavy (non-hydrogen) atoms. The lowest BCUT2D eigenvalue weighted by atomic mass is 9.97. The van der Waals surface area contributed by atoms with Gasteiger partial charge in [-0.05, 0) is 48.0 Å². The van der Waals surface area contributed by atoms with Crippen LogP contribution in [0.3, 0.4) is 0 Å². The lowest BCUT2D eigenvalue weighted by Crippen LogP contribution is -2.44. The molecule has 1 saturated heterocycles. The number of halogens is 3. The third-order valence-electron chi connectivity index (χ3n) is 6.46. The van der Waals surface area contributed by atoms with Crippen molar-refractivity contribution in [1.29, 1.82) is 0 Å². The lowest BCUT2D eigenvalue weighted by Gasteiger charge is -2.35. The second kappa shape index (κ2) is 10.5. The summed E-state index contributed by atoms with van der Waals surface area (Å²) >= 11 is 6.67. The van der Waals surface area contributed by atoms with E-state index >= 15 is 0 Å². The number of nitrogens with zero attached hydrogens (tertiary/aromatic N) is 4. The number of benzene rings is 3. The topological polar surface area (TPSA) is 69.6 Å². The van der Waals surface area contributed by atoms with Crippen LogP contribution in [0.4, 0.5) is 14.6 Å². The molecular weight excluding hydrogens is 498 g/mol. The summed E-state index contributed by atoms with van der Waals surface area (Å²) in [6, 6.07) is 13.7. The number of fused-ring (bicyclic) bond motifs is 1. The Bertz CT molecular complexity index is 1470. The molecule has 0 unspecified atom stereocenters. The summed E-state index contributed by atoms with van der Waals surface area (Å²) in [6.45, 7) is 2.69. The highest BCUT2D eigenvalue weighted by Gasteiger charge is 2.23. The molecule has 2 heterocycles. The zero-order valence-electron chi connectivity index (χ0n) is 19.7. The van der Waals surface area contributed by atoms with Gasteiger partial charge in [0.05, 0.1) is 11.3 Å². The minimum Gasteiger partial charge on any atom is -0.507 e. The van der Waals surface area contributed by atoms with Gasteiger partial charge in [-0.15, -0.1) is 5.10 Å². The van der Waals surface area contributed by atoms with Crippen molar-refractivity contribution in [2.24, 2.45) is 0 Å². The zero-order valence-corrected chi connectivity index (χ0v) is 20.5. The summed E-state index contributed by atoms with van der Waals surface area (Å²) < 4.78 is 28.2. The largest absolute Gasteiger partial charge is 0.507 e. The summed E-state index contributed by atoms with van der Waals surface area (Å²) in [5.41, 5.74) is 1.81. The van der Waals surface area contributed by atoms with Crippen LogP contribution in [-0.2, 0) is 11.2 Å². The van der Waals surface area contributed by atoms with Gasteiger partial charge in [0, 0.05) is 60.2 Å². The number of phenols is 1. The summed E-state index contributed by atoms with van der Waals surface area (Å²) in [5, 5.41) is 21.2. The fraction of sp³-hybridized carbons (Fsp3) is 0.179. The highest BCUT2D eigenvalue weighted by molar-refractivity contribution is 6.34. The highest BCUT2D eigenvalue weighted by Crippen LogP contribution is 2.41. The van der Waals surface area contributed by atoms with Crippen LogP contribution in [0, 0.1) is 11.6 Å². The van der Waals surface area contributed by atoms with E-state index < -0.39 is 5.82 Å². The van der Waals surface area contributed by atoms with Gasteiger partial charge in [0.1, 0.15) is 23.7 Å². The Labute approximate surface area is 217 Å². The predicted octanol–water partition coefficient (Wildman–Crippen LogP) is 5.36. The molecule has 3 aromatic carbocycles. The first-order chi connectivity index (χ1) is 17.9. The van der Waals surface area contributed by atoms with Crippen molar-refractivity contribution < 1.29 is 18.7 Å². The van der Waals surface area contributed by atoms with Gasteiger partial charge in [0.25, 0.3) is 0 Å². The molecule has 9 heteroatoms. The minimum absolute atomic E-state index is 0.0103. The molecule has 1 aromatic heterocycles. The van der Waals surface area contributed by atoms with E-state index in [2.05, 4.69) is 20.0 Å². The molecule has 4 aromatic rings. The molecule has 1 N–H and O–H groups in total. The second-order valence-corrected chi connectivity index (χ2v) is 9.19. The van der Waals surface area contributed by atoms with E-state index in [0.717, 1.165) is 17.2 Å². The Morgan fingerprint density at radius 2 is 1.73 bits per heavy atom. The van der Waals surface area contributed by atoms with Crippen molar-refractivity contribution >= 4 is 34.5 Å². The van der Waals surface area contributed by atoms with Gasteiger partial charge in [-0.3, -0.25) is 4.79 Å². The lowest BCUT2D eigenvalue weighted by molar-refractivity contribution is -0.104. The molecule has 6 nitrogen and oxygen atoms in total. The van der Waals surface area contributed by atoms with Gasteiger partial charge < -0.3 is 14.9 Å². The van der Waals surface area contributed by atoms with Gasteiger partial charge in [-0.1, -0.05) is 29.8 Å². The maximum Gasteiger partial charge on any atom is 0.159 e. The minimum atomic E-state index is -0.594. The van der Waals surface area contributed by atoms with Crippen LogP contribution in [-0.4, -0.2) is 52.7 Å². The number of rotatable bonds is 6. The number of carbonyl (C=O) groups excluding carboxylic acids is 1. The van der Waals surface area contributed by atoms with Crippen LogP contribution in [0.2, 0.25) is 5.02 Å². The number of anilines is 1. The molecule has 0 spiro atoms. The molecule has 188 valence electrons. The number of hydrogen-bond donors (Lipinski definition) is 1. The van der Waals surface area contributed by atoms with Gasteiger partial charge in [0.15, 0.2) is 5.82 Å². The summed E-state index contributed by atoms with van der Waals surface area (Å²) in [4.78, 5) is 14.8. The van der Waals surface area contributed by atoms with Crippen molar-refractivity contribution in [3.05, 3.63) is 94.8 Å². The van der Waals surface area contributed by atoms with Gasteiger partial charge in [-0.2, -0.15) is 5.10 Å². The Balaban J connectivity index is 1.62. The first-order valence-corrected chi connectivity index (χ1v) is 12.1. The van der Waals surface area contributed by atoms with E-state index in [4.69, 9.17) is 11.6 Å². The van der Waals surface area contributed by atoms with E-state index in [9.17, 15) is 18.7 Å². The van der Waals surface area contributed by atoms with E-state index in [0.29, 0.717) is 55.1 Å². The number of aldehydes is 1. The number of aromatic nitrogens is 2. The van der Waals surface area contributed by atoms with Crippen LogP contribution in [0.25, 0.3) is 21.9 Å². The number of piperazine rings is 1. The molecule has 1 aliphatic rings. The van der Waals surface area contributed by atoms with Crippen molar-refractivity contribution in [2.75, 3.05) is 31.1 Å². The molecule has 1 aliphatic heterocycles. The number of phenolic OH excluding ortho intramolecular Hbond substituents is 1. The monoisotopic (exact) mass is 520 g/mol. The Kier molecular flexibility index (Phi) is 7.01. The van der Waals surface area contributed by atoms with Gasteiger partial charge in [0.2, 0.25) is 0 Å². The number of carbonyl (C=O) groups is 1. The van der Waals surface area contributed by atoms with Crippen molar-refractivity contribution in [3.63, 3.8) is 0 Å². The fourth-order valence-corrected chi connectivity index (χ4v) is 4.84. The van der Waals surface area contributed by atoms with Gasteiger partial charge >= 0.3 is 0 Å². The zero-order chi connectivity index (χ0) is 25.9. The molecule has 0 radical (unpaired) electrons. The maximum atomic E-state index is 14.8. The Morgan fingerprint density at radius 3 is 2.43 bits per heavy atom. The van der Waals surface area contributed by atoms with Crippen LogP contribution >= 0.6 is 11.6 Å². The van der Waals surface area contributed by atoms with E-state index in [1.807, 2.05) is 0 Å². The van der Waals surface area contributed by atoms with Crippen molar-refractivity contribution in [1.82, 2.24) is 15.1 Å². The third kappa shape index (κ3) is 5.11. The standard InChI is InChI=1S/C28H23ClF2N4O2/c29-23-17-21-20(16-22(23)27-24(31)3-1-4-26(27)37)25(15-18-5-7-19(30)8-6-18)32-33-28(21)35-12-10-34(11-13-35)9-2-14-36/h1-9,14,16-17,37H,10-13,15H2. The smallest absolute Gasteiger partial charge is 0.159 e. The molecule has 0 atom stereocenters. The van der Waals surface area contributed by atoms with Gasteiger partial charge in [-0.25, -0.2) is 8.78 Å². The number of aromatic hydroxyl groups is 1. The van der Waals surface area contributed by atoms with E-state index in [1.54, 1.807) is 30.5 Å². The first kappa shape index (κ1) is 24.6. The molecule has 0 saturated carbocycles. The molecule has 0 bridgehead atoms. The van der Waals surface area contributed by atoms with E-state index in [-0.39, 0.29) is 22.2 Å². The Morgan fingerprint density at radius 1 is 0.973 bits per heavy atom. The maximum absolute atomic E-state index is 14.8. The SMILES string of the molecule is O=CC=CN1CCN(c2nnc(Cc3ccc(F)cc3)c3cc(-c4c(O)cccc4F)c(Cl)cc23)CC1. The van der Waals surface area contributed by atoms with Crippen LogP contribution in [0.1, 0.15) is 11.3 Å². The van der Waals surface area contributed by atoms with Crippen LogP contribution in [0.15, 0.2) is 66.9 Å². The second-order valence-electron chi connectivity index (χ2n) is 8.79. The third-order valence-corrected chi connectivity index (χ3v) is 6.77. The van der Waals surface area contributed by atoms with Crippen molar-refractivity contribution in [2.45, 2.75) is 6.42 Å². The molecule has 5 rings (SSSR count). The van der Waals surface area contributed by atoms with E-state index in [1.165, 1.54) is 36.4 Å². The summed E-state index contributed by atoms with van der Waals surface area (Å²) in [7, 11) is 0. The molecule has 1 fully saturated rings. The normalized spacial score (nSPS) is 14.0. The first-order valence-electron chi connectivity index (χ1n) is 11.8. The Hall–Kier alpha value is -4.04.